The Balaban J connectivity index is 1.70. The first-order valence-corrected chi connectivity index (χ1v) is 27.6. The van der Waals surface area contributed by atoms with Crippen molar-refractivity contribution in [1.29, 1.82) is 0 Å². The van der Waals surface area contributed by atoms with Crippen molar-refractivity contribution in [3.05, 3.63) is 124 Å². The maximum Gasteiger partial charge on any atom is 0.309 e. The summed E-state index contributed by atoms with van der Waals surface area (Å²) in [6, 6.07) is 31.9. The first kappa shape index (κ1) is 47.6. The molecule has 6 atom stereocenters. The molecule has 0 aliphatic carbocycles. The Kier molecular flexibility index (Phi) is 16.0. The smallest absolute Gasteiger partial charge is 0.309 e. The van der Waals surface area contributed by atoms with E-state index in [9.17, 15) is 9.90 Å². The predicted molar refractivity (Wildman–Crippen MR) is 256 cm³/mol. The van der Waals surface area contributed by atoms with E-state index < -0.39 is 46.3 Å². The highest BCUT2D eigenvalue weighted by Crippen LogP contribution is 2.44. The van der Waals surface area contributed by atoms with Gasteiger partial charge in [-0.2, -0.15) is 0 Å². The highest BCUT2D eigenvalue weighted by atomic mass is 32.1. The molecular formula is C51H71NO5SSi2. The van der Waals surface area contributed by atoms with E-state index in [2.05, 4.69) is 171 Å². The van der Waals surface area contributed by atoms with Crippen molar-refractivity contribution in [1.82, 2.24) is 4.98 Å². The molecule has 0 spiro atoms. The Morgan fingerprint density at radius 3 is 1.92 bits per heavy atom. The molecule has 4 aromatic rings. The summed E-state index contributed by atoms with van der Waals surface area (Å²) in [6.45, 7) is 26.5. The van der Waals surface area contributed by atoms with Gasteiger partial charge in [-0.05, 0) is 91.3 Å². The molecular weight excluding hydrogens is 795 g/mol. The summed E-state index contributed by atoms with van der Waals surface area (Å²) in [5.41, 5.74) is 2.12. The zero-order chi connectivity index (χ0) is 43.9. The molecule has 9 heteroatoms. The Hall–Kier alpha value is -3.45. The fourth-order valence-corrected chi connectivity index (χ4v) is 14.8. The van der Waals surface area contributed by atoms with Crippen molar-refractivity contribution in [2.24, 2.45) is 17.3 Å². The number of hydrogen-bond acceptors (Lipinski definition) is 7. The first-order valence-electron chi connectivity index (χ1n) is 21.9. The van der Waals surface area contributed by atoms with Gasteiger partial charge >= 0.3 is 5.97 Å². The maximum absolute atomic E-state index is 14.2. The van der Waals surface area contributed by atoms with Gasteiger partial charge < -0.3 is 18.7 Å². The van der Waals surface area contributed by atoms with Crippen molar-refractivity contribution < 1.29 is 23.5 Å². The number of carbonyl (C=O) groups excluding carboxylic acids is 1. The largest absolute Gasteiger partial charge is 0.457 e. The van der Waals surface area contributed by atoms with E-state index in [1.807, 2.05) is 25.3 Å². The lowest BCUT2D eigenvalue weighted by Gasteiger charge is -2.51. The quantitative estimate of drug-likeness (QED) is 0.0782. The number of hydrogen-bond donors (Lipinski definition) is 1. The molecule has 6 nitrogen and oxygen atoms in total. The Labute approximate surface area is 367 Å². The number of aliphatic hydroxyl groups is 1. The van der Waals surface area contributed by atoms with Gasteiger partial charge in [0.05, 0.1) is 35.4 Å². The summed E-state index contributed by atoms with van der Waals surface area (Å²) in [5.74, 6) is -0.422. The van der Waals surface area contributed by atoms with Crippen LogP contribution in [0.4, 0.5) is 0 Å². The molecule has 0 amide bonds. The number of nitrogens with zero attached hydrogens (tertiary/aromatic N) is 1. The van der Waals surface area contributed by atoms with Crippen molar-refractivity contribution in [3.8, 4) is 0 Å². The molecule has 5 rings (SSSR count). The van der Waals surface area contributed by atoms with E-state index in [1.165, 1.54) is 5.57 Å². The highest BCUT2D eigenvalue weighted by Gasteiger charge is 2.53. The van der Waals surface area contributed by atoms with Crippen LogP contribution < -0.4 is 15.6 Å². The molecule has 0 saturated carbocycles. The normalized spacial score (nSPS) is 25.2. The summed E-state index contributed by atoms with van der Waals surface area (Å²) in [4.78, 5) is 18.8. The minimum absolute atomic E-state index is 0.0196. The molecule has 1 aliphatic heterocycles. The van der Waals surface area contributed by atoms with Crippen LogP contribution in [0.2, 0.25) is 18.1 Å². The van der Waals surface area contributed by atoms with Crippen LogP contribution in [0.3, 0.4) is 0 Å². The average Bonchev–Trinajstić information content (AvgIpc) is 3.62. The lowest BCUT2D eigenvalue weighted by molar-refractivity contribution is -0.154. The van der Waals surface area contributed by atoms with Crippen LogP contribution in [0.15, 0.2) is 114 Å². The van der Waals surface area contributed by atoms with E-state index in [-0.39, 0.29) is 29.4 Å². The summed E-state index contributed by atoms with van der Waals surface area (Å²) in [7, 11) is -5.63. The molecule has 3 aromatic carbocycles. The van der Waals surface area contributed by atoms with E-state index >= 15 is 0 Å². The van der Waals surface area contributed by atoms with E-state index in [0.29, 0.717) is 6.42 Å². The van der Waals surface area contributed by atoms with Gasteiger partial charge in [-0.15, -0.1) is 11.3 Å². The molecule has 1 N–H and O–H groups in total. The summed E-state index contributed by atoms with van der Waals surface area (Å²) in [5, 5.41) is 18.9. The number of cyclic esters (lactones) is 1. The van der Waals surface area contributed by atoms with Gasteiger partial charge in [-0.1, -0.05) is 151 Å². The maximum atomic E-state index is 14.2. The zero-order valence-electron chi connectivity index (χ0n) is 38.3. The lowest BCUT2D eigenvalue weighted by Crippen LogP contribution is -2.72. The number of benzene rings is 3. The molecule has 0 unspecified atom stereocenters. The standard InChI is InChI=1S/C51H71NO5SSi2/c1-36-23-22-24-37(2)48(56-59(11,12)50(6,7)8)39(4)49(51(9,10)46(53)34-47(54)55-45(32-31-36)38(3)33-41-35-58-40(5)52-41)57-60(42-25-16-13-17-26-42,43-27-18-14-19-28-43)44-29-20-15-21-30-44/h13-21,25-31,33,35,37,39,45-46,48-49,53H,22-24,32,34H2,1-12H3/b36-31-,38-33+/t37-,39+,45-,46-,48-,49+/m0/s1. The van der Waals surface area contributed by atoms with Gasteiger partial charge in [-0.3, -0.25) is 4.79 Å². The van der Waals surface area contributed by atoms with Crippen molar-refractivity contribution in [2.75, 3.05) is 0 Å². The second-order valence-electron chi connectivity index (χ2n) is 19.4. The second kappa shape index (κ2) is 20.2. The minimum Gasteiger partial charge on any atom is -0.457 e. The molecule has 1 aliphatic rings. The van der Waals surface area contributed by atoms with Crippen LogP contribution >= 0.6 is 11.3 Å². The number of rotatable bonds is 9. The Bertz CT molecular complexity index is 1940. The average molecular weight is 866 g/mol. The fraction of sp³-hybridized carbons (Fsp3) is 0.490. The van der Waals surface area contributed by atoms with Gasteiger partial charge in [0.1, 0.15) is 6.10 Å². The van der Waals surface area contributed by atoms with Crippen molar-refractivity contribution in [3.63, 3.8) is 0 Å². The van der Waals surface area contributed by atoms with Crippen molar-refractivity contribution >= 4 is 55.6 Å². The van der Waals surface area contributed by atoms with Gasteiger partial charge in [0.25, 0.3) is 8.32 Å². The molecule has 0 saturated heterocycles. The number of aryl methyl sites for hydroxylation is 1. The van der Waals surface area contributed by atoms with Gasteiger partial charge in [0.2, 0.25) is 0 Å². The summed E-state index contributed by atoms with van der Waals surface area (Å²) in [6.07, 6.45) is 5.22. The highest BCUT2D eigenvalue weighted by molar-refractivity contribution is 7.09. The van der Waals surface area contributed by atoms with E-state index in [1.54, 1.807) is 11.3 Å². The molecule has 0 bridgehead atoms. The van der Waals surface area contributed by atoms with Gasteiger partial charge in [0, 0.05) is 23.1 Å². The van der Waals surface area contributed by atoms with Gasteiger partial charge in [-0.25, -0.2) is 4.98 Å². The second-order valence-corrected chi connectivity index (χ2v) is 28.5. The molecule has 1 aromatic heterocycles. The van der Waals surface area contributed by atoms with Crippen LogP contribution in [-0.2, 0) is 18.4 Å². The molecule has 324 valence electrons. The number of esters is 1. The third-order valence-corrected chi connectivity index (χ3v) is 22.6. The van der Waals surface area contributed by atoms with Crippen LogP contribution in [0.25, 0.3) is 6.08 Å². The number of carbonyl (C=O) groups is 1. The Morgan fingerprint density at radius 1 is 0.900 bits per heavy atom. The van der Waals surface area contributed by atoms with Crippen LogP contribution in [0.1, 0.15) is 105 Å². The lowest BCUT2D eigenvalue weighted by atomic mass is 9.71. The Morgan fingerprint density at radius 2 is 1.43 bits per heavy atom. The minimum atomic E-state index is -3.32. The SMILES string of the molecule is C/C1=C/C[C@@H](/C(C)=C/c2csc(C)n2)OC(=O)C[C@H](O)C(C)(C)[C@H](O[Si](c2ccccc2)(c2ccccc2)c2ccccc2)[C@H](C)[C@@H](O[Si](C)(C)C(C)(C)C)[C@@H](C)CCC1. The van der Waals surface area contributed by atoms with Crippen molar-refractivity contribution in [2.45, 2.75) is 144 Å². The molecule has 2 heterocycles. The van der Waals surface area contributed by atoms with Gasteiger partial charge in [0.15, 0.2) is 8.32 Å². The predicted octanol–water partition coefficient (Wildman–Crippen LogP) is 10.8. The number of ether oxygens (including phenoxy) is 1. The molecule has 0 radical (unpaired) electrons. The fourth-order valence-electron chi connectivity index (χ4n) is 8.48. The number of aromatic nitrogens is 1. The monoisotopic (exact) mass is 865 g/mol. The zero-order valence-corrected chi connectivity index (χ0v) is 41.1. The first-order chi connectivity index (χ1) is 28.3. The number of thiazole rings is 1. The third kappa shape index (κ3) is 11.3. The summed E-state index contributed by atoms with van der Waals surface area (Å²) >= 11 is 1.60. The number of allylic oxidation sites excluding steroid dienone is 1. The van der Waals surface area contributed by atoms with E-state index in [0.717, 1.165) is 51.1 Å². The van der Waals surface area contributed by atoms with Crippen LogP contribution in [-0.4, -0.2) is 57.1 Å². The van der Waals surface area contributed by atoms with Crippen LogP contribution in [0, 0.1) is 24.2 Å². The topological polar surface area (TPSA) is 77.9 Å². The summed E-state index contributed by atoms with van der Waals surface area (Å²) < 4.78 is 22.0. The number of aliphatic hydroxyl groups excluding tert-OH is 1. The molecule has 0 fully saturated rings. The molecule has 60 heavy (non-hydrogen) atoms. The van der Waals surface area contributed by atoms with E-state index in [4.69, 9.17) is 13.6 Å². The third-order valence-electron chi connectivity index (χ3n) is 13.3. The van der Waals surface area contributed by atoms with Crippen LogP contribution in [0.5, 0.6) is 0 Å².